The number of hydrogen-bond acceptors (Lipinski definition) is 6. The third-order valence-corrected chi connectivity index (χ3v) is 5.26. The summed E-state index contributed by atoms with van der Waals surface area (Å²) in [7, 11) is -2.45. The maximum absolute atomic E-state index is 11.8. The molecule has 1 aliphatic heterocycles. The zero-order valence-corrected chi connectivity index (χ0v) is 14.0. The van der Waals surface area contributed by atoms with Gasteiger partial charge in [-0.05, 0) is 38.9 Å². The second-order valence-electron chi connectivity index (χ2n) is 5.28. The van der Waals surface area contributed by atoms with Crippen LogP contribution in [-0.2, 0) is 14.8 Å². The van der Waals surface area contributed by atoms with Crippen molar-refractivity contribution in [3.63, 3.8) is 0 Å². The van der Waals surface area contributed by atoms with Crippen LogP contribution in [0.25, 0.3) is 0 Å². The quantitative estimate of drug-likeness (QED) is 0.620. The summed E-state index contributed by atoms with van der Waals surface area (Å²) in [6, 6.07) is 3.99. The molecule has 1 saturated heterocycles. The first-order valence-electron chi connectivity index (χ1n) is 7.47. The Bertz CT molecular complexity index is 675. The molecule has 0 saturated carbocycles. The lowest BCUT2D eigenvalue weighted by Crippen LogP contribution is -2.40. The van der Waals surface area contributed by atoms with Crippen molar-refractivity contribution in [3.05, 3.63) is 28.3 Å². The van der Waals surface area contributed by atoms with Crippen molar-refractivity contribution < 1.29 is 18.1 Å². The van der Waals surface area contributed by atoms with Gasteiger partial charge >= 0.3 is 0 Å². The van der Waals surface area contributed by atoms with Crippen LogP contribution in [0.15, 0.2) is 23.1 Å². The van der Waals surface area contributed by atoms with E-state index in [2.05, 4.69) is 4.72 Å². The van der Waals surface area contributed by atoms with Crippen LogP contribution in [0.1, 0.15) is 19.8 Å². The van der Waals surface area contributed by atoms with Gasteiger partial charge < -0.3 is 9.64 Å². The van der Waals surface area contributed by atoms with Crippen molar-refractivity contribution in [2.75, 3.05) is 31.6 Å². The Morgan fingerprint density at radius 2 is 2.22 bits per heavy atom. The highest BCUT2D eigenvalue weighted by atomic mass is 32.2. The molecule has 0 amide bonds. The van der Waals surface area contributed by atoms with Crippen molar-refractivity contribution in [1.82, 2.24) is 4.72 Å². The van der Waals surface area contributed by atoms with Crippen LogP contribution in [0.4, 0.5) is 11.4 Å². The normalized spacial score (nSPS) is 18.9. The minimum Gasteiger partial charge on any atom is -0.377 e. The molecule has 2 rings (SSSR count). The second kappa shape index (κ2) is 7.24. The molecule has 128 valence electrons. The maximum atomic E-state index is 11.8. The van der Waals surface area contributed by atoms with E-state index in [4.69, 9.17) is 4.74 Å². The fraction of sp³-hybridized carbons (Fsp3) is 0.571. The lowest BCUT2D eigenvalue weighted by atomic mass is 10.1. The second-order valence-corrected chi connectivity index (χ2v) is 7.17. The SMILES string of the molecule is CCOC1CCCN(c2ccc(S(=O)(=O)NC)cc2[N+](=O)[O-])C1. The molecule has 0 spiro atoms. The van der Waals surface area contributed by atoms with Gasteiger partial charge in [-0.15, -0.1) is 0 Å². The number of hydrogen-bond donors (Lipinski definition) is 1. The Morgan fingerprint density at radius 3 is 2.83 bits per heavy atom. The minimum atomic E-state index is -3.72. The highest BCUT2D eigenvalue weighted by Crippen LogP contribution is 2.32. The van der Waals surface area contributed by atoms with Crippen LogP contribution in [0, 0.1) is 10.1 Å². The summed E-state index contributed by atoms with van der Waals surface area (Å²) in [6.07, 6.45) is 1.83. The van der Waals surface area contributed by atoms with E-state index in [0.29, 0.717) is 25.4 Å². The van der Waals surface area contributed by atoms with Crippen LogP contribution in [0.2, 0.25) is 0 Å². The van der Waals surface area contributed by atoms with E-state index >= 15 is 0 Å². The zero-order chi connectivity index (χ0) is 17.0. The molecule has 23 heavy (non-hydrogen) atoms. The molecule has 9 heteroatoms. The molecule has 1 unspecified atom stereocenters. The molecule has 1 aliphatic rings. The first-order chi connectivity index (χ1) is 10.9. The molecule has 0 bridgehead atoms. The summed E-state index contributed by atoms with van der Waals surface area (Å²) in [6.45, 7) is 3.76. The third-order valence-electron chi connectivity index (χ3n) is 3.84. The molecular formula is C14H21N3O5S. The van der Waals surface area contributed by atoms with Crippen molar-refractivity contribution in [2.45, 2.75) is 30.8 Å². The molecule has 1 heterocycles. The van der Waals surface area contributed by atoms with Crippen LogP contribution in [0.5, 0.6) is 0 Å². The number of nitro groups is 1. The Labute approximate surface area is 135 Å². The van der Waals surface area contributed by atoms with Crippen LogP contribution >= 0.6 is 0 Å². The number of nitrogens with zero attached hydrogens (tertiary/aromatic N) is 2. The fourth-order valence-electron chi connectivity index (χ4n) is 2.73. The predicted octanol–water partition coefficient (Wildman–Crippen LogP) is 1.51. The average molecular weight is 343 g/mol. The minimum absolute atomic E-state index is 0.0362. The summed E-state index contributed by atoms with van der Waals surface area (Å²) in [5.41, 5.74) is 0.216. The van der Waals surface area contributed by atoms with Gasteiger partial charge in [0.15, 0.2) is 0 Å². The fourth-order valence-corrected chi connectivity index (χ4v) is 3.48. The number of sulfonamides is 1. The zero-order valence-electron chi connectivity index (χ0n) is 13.2. The van der Waals surface area contributed by atoms with E-state index in [1.165, 1.54) is 19.2 Å². The van der Waals surface area contributed by atoms with E-state index in [1.807, 2.05) is 11.8 Å². The lowest BCUT2D eigenvalue weighted by molar-refractivity contribution is -0.384. The molecule has 1 aromatic rings. The summed E-state index contributed by atoms with van der Waals surface area (Å²) < 4.78 is 31.4. The summed E-state index contributed by atoms with van der Waals surface area (Å²) >= 11 is 0. The van der Waals surface area contributed by atoms with E-state index in [0.717, 1.165) is 18.9 Å². The molecule has 0 aliphatic carbocycles. The first-order valence-corrected chi connectivity index (χ1v) is 8.96. The number of piperidine rings is 1. The maximum Gasteiger partial charge on any atom is 0.293 e. The van der Waals surface area contributed by atoms with E-state index in [-0.39, 0.29) is 16.7 Å². The topological polar surface area (TPSA) is 102 Å². The Hall–Kier alpha value is -1.71. The van der Waals surface area contributed by atoms with Crippen molar-refractivity contribution >= 4 is 21.4 Å². The molecule has 1 N–H and O–H groups in total. The largest absolute Gasteiger partial charge is 0.377 e. The molecule has 0 aromatic heterocycles. The summed E-state index contributed by atoms with van der Waals surface area (Å²) in [5.74, 6) is 0. The van der Waals surface area contributed by atoms with Crippen LogP contribution < -0.4 is 9.62 Å². The number of ether oxygens (including phenoxy) is 1. The molecule has 1 fully saturated rings. The summed E-state index contributed by atoms with van der Waals surface area (Å²) in [4.78, 5) is 12.6. The van der Waals surface area contributed by atoms with Gasteiger partial charge in [0.1, 0.15) is 5.69 Å². The Balaban J connectivity index is 2.37. The molecule has 0 radical (unpaired) electrons. The molecule has 1 atom stereocenters. The number of nitrogens with one attached hydrogen (secondary N) is 1. The Morgan fingerprint density at radius 1 is 1.48 bits per heavy atom. The molecule has 1 aromatic carbocycles. The van der Waals surface area contributed by atoms with Gasteiger partial charge in [-0.25, -0.2) is 13.1 Å². The number of anilines is 1. The number of nitro benzene ring substituents is 1. The molecular weight excluding hydrogens is 322 g/mol. The van der Waals surface area contributed by atoms with Gasteiger partial charge in [-0.2, -0.15) is 0 Å². The highest BCUT2D eigenvalue weighted by Gasteiger charge is 2.27. The van der Waals surface area contributed by atoms with E-state index < -0.39 is 14.9 Å². The van der Waals surface area contributed by atoms with Crippen LogP contribution in [-0.4, -0.2) is 46.2 Å². The first kappa shape index (κ1) is 17.6. The number of rotatable bonds is 6. The Kier molecular flexibility index (Phi) is 5.55. The standard InChI is InChI=1S/C14H21N3O5S/c1-3-22-11-5-4-8-16(10-11)13-7-6-12(23(20,21)15-2)9-14(13)17(18)19/h6-7,9,11,15H,3-5,8,10H2,1-2H3. The third kappa shape index (κ3) is 3.98. The lowest BCUT2D eigenvalue weighted by Gasteiger charge is -2.33. The average Bonchev–Trinajstić information content (AvgIpc) is 2.54. The van der Waals surface area contributed by atoms with Crippen molar-refractivity contribution in [2.24, 2.45) is 0 Å². The number of benzene rings is 1. The highest BCUT2D eigenvalue weighted by molar-refractivity contribution is 7.89. The smallest absolute Gasteiger partial charge is 0.293 e. The summed E-state index contributed by atoms with van der Waals surface area (Å²) in [5, 5.41) is 11.4. The van der Waals surface area contributed by atoms with Gasteiger partial charge in [0.05, 0.1) is 15.9 Å². The van der Waals surface area contributed by atoms with Gasteiger partial charge in [-0.1, -0.05) is 0 Å². The van der Waals surface area contributed by atoms with Gasteiger partial charge in [-0.3, -0.25) is 10.1 Å². The van der Waals surface area contributed by atoms with Gasteiger partial charge in [0, 0.05) is 25.8 Å². The van der Waals surface area contributed by atoms with E-state index in [9.17, 15) is 18.5 Å². The van der Waals surface area contributed by atoms with Crippen molar-refractivity contribution in [3.8, 4) is 0 Å². The monoisotopic (exact) mass is 343 g/mol. The van der Waals surface area contributed by atoms with Crippen LogP contribution in [0.3, 0.4) is 0 Å². The van der Waals surface area contributed by atoms with Gasteiger partial charge in [0.2, 0.25) is 10.0 Å². The van der Waals surface area contributed by atoms with Crippen molar-refractivity contribution in [1.29, 1.82) is 0 Å². The van der Waals surface area contributed by atoms with E-state index in [1.54, 1.807) is 0 Å². The van der Waals surface area contributed by atoms with Gasteiger partial charge in [0.25, 0.3) is 5.69 Å². The molecule has 8 nitrogen and oxygen atoms in total. The predicted molar refractivity (Wildman–Crippen MR) is 86.2 cm³/mol.